The summed E-state index contributed by atoms with van der Waals surface area (Å²) in [6.45, 7) is 12.3. The summed E-state index contributed by atoms with van der Waals surface area (Å²) in [5.41, 5.74) is 1.60. The molecule has 0 aliphatic heterocycles. The third kappa shape index (κ3) is 3.84. The van der Waals surface area contributed by atoms with Crippen LogP contribution in [0.3, 0.4) is 0 Å². The summed E-state index contributed by atoms with van der Waals surface area (Å²) < 4.78 is 5.91. The maximum atomic E-state index is 12.4. The van der Waals surface area contributed by atoms with Crippen molar-refractivity contribution in [2.45, 2.75) is 65.9 Å². The van der Waals surface area contributed by atoms with E-state index in [1.165, 1.54) is 14.0 Å². The van der Waals surface area contributed by atoms with Crippen molar-refractivity contribution in [3.8, 4) is 34.1 Å². The van der Waals surface area contributed by atoms with Crippen LogP contribution in [0.5, 0.6) is 23.0 Å². The highest BCUT2D eigenvalue weighted by molar-refractivity contribution is 6.11. The zero-order chi connectivity index (χ0) is 30.0. The number of aryl methyl sites for hydroxylation is 2. The molecule has 0 amide bonds. The molecular formula is C32H36O8. The van der Waals surface area contributed by atoms with Crippen molar-refractivity contribution in [3.63, 3.8) is 0 Å². The molecule has 0 bridgehead atoms. The lowest BCUT2D eigenvalue weighted by Crippen LogP contribution is -2.40. The predicted octanol–water partition coefficient (Wildman–Crippen LogP) is 6.16. The van der Waals surface area contributed by atoms with Crippen LogP contribution in [0.1, 0.15) is 84.6 Å². The van der Waals surface area contributed by atoms with Gasteiger partial charge in [0.25, 0.3) is 0 Å². The summed E-state index contributed by atoms with van der Waals surface area (Å²) in [4.78, 5) is 24.6. The molecule has 2 atom stereocenters. The first-order valence-corrected chi connectivity index (χ1v) is 13.2. The quantitative estimate of drug-likeness (QED) is 0.182. The number of rotatable bonds is 6. The van der Waals surface area contributed by atoms with E-state index >= 15 is 0 Å². The zero-order valence-electron chi connectivity index (χ0n) is 24.0. The number of carbonyl (C=O) groups is 2. The monoisotopic (exact) mass is 548 g/mol. The van der Waals surface area contributed by atoms with E-state index in [4.69, 9.17) is 4.74 Å². The maximum absolute atomic E-state index is 12.4. The van der Waals surface area contributed by atoms with Gasteiger partial charge in [0, 0.05) is 33.2 Å². The van der Waals surface area contributed by atoms with Gasteiger partial charge in [-0.3, -0.25) is 4.79 Å². The van der Waals surface area contributed by atoms with Gasteiger partial charge in [-0.2, -0.15) is 0 Å². The number of aldehydes is 2. The Hall–Kier alpha value is -4.04. The van der Waals surface area contributed by atoms with Crippen LogP contribution in [0, 0.1) is 19.8 Å². The van der Waals surface area contributed by atoms with E-state index in [1.54, 1.807) is 26.0 Å². The fourth-order valence-electron chi connectivity index (χ4n) is 6.27. The minimum Gasteiger partial charge on any atom is -0.509 e. The van der Waals surface area contributed by atoms with E-state index in [2.05, 4.69) is 0 Å². The Morgan fingerprint density at radius 1 is 0.900 bits per heavy atom. The molecule has 4 rings (SSSR count). The van der Waals surface area contributed by atoms with Crippen LogP contribution in [0.2, 0.25) is 0 Å². The number of benzene rings is 3. The Morgan fingerprint density at radius 2 is 1.50 bits per heavy atom. The van der Waals surface area contributed by atoms with Crippen LogP contribution in [0.25, 0.3) is 27.5 Å². The Morgan fingerprint density at radius 3 is 2.00 bits per heavy atom. The average molecular weight is 549 g/mol. The molecule has 1 aliphatic carbocycles. The standard InChI is InChI=1S/C32H36O8/c1-13(2)21-17-9-15(5)23(28(36)25(17)19(11-33)27(35)29(21)37)24-16(6)10-18-22(14(3)4)31(38)32(7,39)20(12-34)26(18)30(24)40-8/h9-14,20,35-39H,1-8H3. The van der Waals surface area contributed by atoms with Crippen molar-refractivity contribution in [2.24, 2.45) is 5.92 Å². The van der Waals surface area contributed by atoms with Crippen LogP contribution in [0.4, 0.5) is 0 Å². The van der Waals surface area contributed by atoms with E-state index in [0.717, 1.165) is 0 Å². The number of allylic oxidation sites excluding steroid dienone is 1. The molecule has 0 heterocycles. The number of phenols is 3. The number of methoxy groups -OCH3 is 1. The number of fused-ring (bicyclic) bond motifs is 2. The number of carbonyl (C=O) groups excluding carboxylic acids is 2. The van der Waals surface area contributed by atoms with E-state index in [0.29, 0.717) is 62.5 Å². The molecule has 0 aromatic heterocycles. The van der Waals surface area contributed by atoms with Crippen LogP contribution >= 0.6 is 0 Å². The van der Waals surface area contributed by atoms with Crippen LogP contribution < -0.4 is 4.74 Å². The van der Waals surface area contributed by atoms with Gasteiger partial charge in [-0.25, -0.2) is 0 Å². The average Bonchev–Trinajstić information content (AvgIpc) is 2.86. The summed E-state index contributed by atoms with van der Waals surface area (Å²) >= 11 is 0. The minimum atomic E-state index is -1.91. The highest BCUT2D eigenvalue weighted by Gasteiger charge is 2.47. The number of aliphatic hydroxyl groups is 2. The first-order chi connectivity index (χ1) is 18.7. The van der Waals surface area contributed by atoms with Gasteiger partial charge in [0.2, 0.25) is 0 Å². The molecule has 0 spiro atoms. The number of aromatic hydroxyl groups is 3. The van der Waals surface area contributed by atoms with E-state index < -0.39 is 23.0 Å². The smallest absolute Gasteiger partial charge is 0.169 e. The van der Waals surface area contributed by atoms with Gasteiger partial charge >= 0.3 is 0 Å². The maximum Gasteiger partial charge on any atom is 0.169 e. The Balaban J connectivity index is 2.24. The first kappa shape index (κ1) is 29.0. The third-order valence-electron chi connectivity index (χ3n) is 8.11. The van der Waals surface area contributed by atoms with E-state index in [-0.39, 0.29) is 40.0 Å². The second kappa shape index (κ2) is 9.86. The fraction of sp³-hybridized carbons (Fsp3) is 0.375. The van der Waals surface area contributed by atoms with Crippen molar-refractivity contribution < 1.29 is 39.9 Å². The van der Waals surface area contributed by atoms with Crippen LogP contribution in [0.15, 0.2) is 17.9 Å². The minimum absolute atomic E-state index is 0.0770. The molecule has 0 fully saturated rings. The number of phenolic OH excluding ortho intramolecular Hbond substituents is 3. The lowest BCUT2D eigenvalue weighted by molar-refractivity contribution is -0.114. The van der Waals surface area contributed by atoms with Crippen LogP contribution in [-0.4, -0.2) is 50.8 Å². The molecule has 8 heteroatoms. The van der Waals surface area contributed by atoms with E-state index in [9.17, 15) is 35.1 Å². The van der Waals surface area contributed by atoms with E-state index in [1.807, 2.05) is 27.7 Å². The molecule has 5 N–H and O–H groups in total. The summed E-state index contributed by atoms with van der Waals surface area (Å²) in [7, 11) is 1.42. The van der Waals surface area contributed by atoms with Gasteiger partial charge in [-0.1, -0.05) is 39.8 Å². The number of ether oxygens (including phenoxy) is 1. The molecule has 40 heavy (non-hydrogen) atoms. The van der Waals surface area contributed by atoms with Gasteiger partial charge in [0.15, 0.2) is 17.8 Å². The molecule has 1 aliphatic rings. The predicted molar refractivity (Wildman–Crippen MR) is 154 cm³/mol. The van der Waals surface area contributed by atoms with Gasteiger partial charge in [-0.05, 0) is 54.7 Å². The van der Waals surface area contributed by atoms with Crippen molar-refractivity contribution in [1.82, 2.24) is 0 Å². The molecule has 0 saturated carbocycles. The van der Waals surface area contributed by atoms with Crippen molar-refractivity contribution in [2.75, 3.05) is 7.11 Å². The van der Waals surface area contributed by atoms with Gasteiger partial charge < -0.3 is 35.1 Å². The SMILES string of the molecule is COc1c(-c2c(C)cc3c(C(C)C)c(O)c(O)c(C=O)c3c2O)c(C)cc2c1C(C=O)C(C)(O)C(O)=C2C(C)C. The Kier molecular flexibility index (Phi) is 7.13. The molecule has 212 valence electrons. The summed E-state index contributed by atoms with van der Waals surface area (Å²) in [6.07, 6.45) is 0.959. The van der Waals surface area contributed by atoms with Crippen molar-refractivity contribution >= 4 is 28.9 Å². The summed E-state index contributed by atoms with van der Waals surface area (Å²) in [6, 6.07) is 3.53. The first-order valence-electron chi connectivity index (χ1n) is 13.2. The zero-order valence-corrected chi connectivity index (χ0v) is 24.0. The molecule has 3 aromatic carbocycles. The van der Waals surface area contributed by atoms with Gasteiger partial charge in [-0.15, -0.1) is 0 Å². The molecule has 2 unspecified atom stereocenters. The Labute approximate surface area is 233 Å². The van der Waals surface area contributed by atoms with Gasteiger partial charge in [0.1, 0.15) is 29.1 Å². The second-order valence-electron chi connectivity index (χ2n) is 11.4. The molecule has 0 radical (unpaired) electrons. The fourth-order valence-corrected chi connectivity index (χ4v) is 6.27. The third-order valence-corrected chi connectivity index (χ3v) is 8.11. The Bertz CT molecular complexity index is 1610. The molecule has 0 saturated heterocycles. The summed E-state index contributed by atoms with van der Waals surface area (Å²) in [5.74, 6) is -3.02. The van der Waals surface area contributed by atoms with Crippen molar-refractivity contribution in [1.29, 1.82) is 0 Å². The number of hydrogen-bond donors (Lipinski definition) is 5. The second-order valence-corrected chi connectivity index (χ2v) is 11.4. The summed E-state index contributed by atoms with van der Waals surface area (Å²) in [5, 5.41) is 56.1. The molecule has 8 nitrogen and oxygen atoms in total. The molecular weight excluding hydrogens is 512 g/mol. The number of aliphatic hydroxyl groups excluding tert-OH is 1. The normalized spacial score (nSPS) is 18.9. The lowest BCUT2D eigenvalue weighted by atomic mass is 9.69. The van der Waals surface area contributed by atoms with Gasteiger partial charge in [0.05, 0.1) is 18.6 Å². The molecule has 3 aromatic rings. The largest absolute Gasteiger partial charge is 0.509 e. The van der Waals surface area contributed by atoms with Crippen molar-refractivity contribution in [3.05, 3.63) is 51.3 Å². The highest BCUT2D eigenvalue weighted by Crippen LogP contribution is 2.56. The lowest BCUT2D eigenvalue weighted by Gasteiger charge is -2.39. The number of hydrogen-bond acceptors (Lipinski definition) is 8. The topological polar surface area (TPSA) is 145 Å². The van der Waals surface area contributed by atoms with Crippen LogP contribution in [-0.2, 0) is 4.79 Å². The highest BCUT2D eigenvalue weighted by atomic mass is 16.5.